The van der Waals surface area contributed by atoms with Gasteiger partial charge in [0.1, 0.15) is 69.0 Å². The van der Waals surface area contributed by atoms with Gasteiger partial charge in [0, 0.05) is 58.4 Å². The lowest BCUT2D eigenvalue weighted by atomic mass is 9.71. The molecule has 8 aromatic carbocycles. The summed E-state index contributed by atoms with van der Waals surface area (Å²) in [5, 5.41) is 0. The molecule has 0 unspecified atom stereocenters. The molecule has 6 heteroatoms. The first-order valence-electron chi connectivity index (χ1n) is 21.9. The molecule has 2 aliphatic heterocycles. The smallest absolute Gasteiger partial charge is 0.135 e. The minimum absolute atomic E-state index is 0.207. The van der Waals surface area contributed by atoms with E-state index in [9.17, 15) is 0 Å². The molecule has 0 saturated carbocycles. The van der Waals surface area contributed by atoms with Gasteiger partial charge in [-0.05, 0) is 148 Å². The fraction of sp³-hybridized carbons (Fsp3) is 0.172. The summed E-state index contributed by atoms with van der Waals surface area (Å²) in [5.41, 5.74) is 13.1. The number of hydrogen-bond donors (Lipinski definition) is 0. The Labute approximate surface area is 375 Å². The fourth-order valence-corrected chi connectivity index (χ4v) is 8.83. The lowest BCUT2D eigenvalue weighted by molar-refractivity contribution is 0.400. The summed E-state index contributed by atoms with van der Waals surface area (Å²) >= 11 is 0. The summed E-state index contributed by atoms with van der Waals surface area (Å²) in [6.45, 7) is 16.7. The monoisotopic (exact) mass is 842 g/mol. The molecule has 318 valence electrons. The molecule has 0 bridgehead atoms. The van der Waals surface area contributed by atoms with Gasteiger partial charge in [0.05, 0.1) is 0 Å². The van der Waals surface area contributed by atoms with Crippen LogP contribution in [-0.4, -0.2) is 0 Å². The molecule has 0 saturated heterocycles. The number of rotatable bonds is 9. The van der Waals surface area contributed by atoms with Crippen LogP contribution in [-0.2, 0) is 0 Å². The van der Waals surface area contributed by atoms with Crippen LogP contribution in [0.1, 0.15) is 78.6 Å². The Morgan fingerprint density at radius 1 is 0.297 bits per heavy atom. The zero-order chi connectivity index (χ0) is 44.2. The van der Waals surface area contributed by atoms with Crippen molar-refractivity contribution >= 4 is 0 Å². The lowest BCUT2D eigenvalue weighted by Crippen LogP contribution is -2.22. The molecule has 0 amide bonds. The normalized spacial score (nSPS) is 12.8. The molecule has 0 spiro atoms. The van der Waals surface area contributed by atoms with Gasteiger partial charge in [0.25, 0.3) is 0 Å². The van der Waals surface area contributed by atoms with E-state index in [4.69, 9.17) is 28.4 Å². The van der Waals surface area contributed by atoms with Crippen molar-refractivity contribution in [3.63, 3.8) is 0 Å². The third-order valence-electron chi connectivity index (χ3n) is 13.2. The molecule has 8 aromatic rings. The van der Waals surface area contributed by atoms with Crippen molar-refractivity contribution in [1.29, 1.82) is 0 Å². The SMILES string of the molecule is Cc1cccc(Oc2ccc3c(c2)Oc2cc(Oc4cccc(C)c4C)ccc2C3C2c3ccc(Oc4cccc(C)c4C)cc3Oc3cc(Oc4cccc(C)c4C)ccc32)c1C. The van der Waals surface area contributed by atoms with E-state index >= 15 is 0 Å². The highest BCUT2D eigenvalue weighted by molar-refractivity contribution is 5.66. The fourth-order valence-electron chi connectivity index (χ4n) is 8.83. The Morgan fingerprint density at radius 2 is 0.531 bits per heavy atom. The number of fused-ring (bicyclic) bond motifs is 4. The van der Waals surface area contributed by atoms with Crippen LogP contribution in [0.25, 0.3) is 0 Å². The zero-order valence-electron chi connectivity index (χ0n) is 37.5. The van der Waals surface area contributed by atoms with Crippen molar-refractivity contribution in [2.75, 3.05) is 0 Å². The molecule has 0 fully saturated rings. The third-order valence-corrected chi connectivity index (χ3v) is 13.2. The maximum Gasteiger partial charge on any atom is 0.135 e. The van der Waals surface area contributed by atoms with E-state index in [-0.39, 0.29) is 11.8 Å². The van der Waals surface area contributed by atoms with Gasteiger partial charge < -0.3 is 28.4 Å². The average Bonchev–Trinajstić information content (AvgIpc) is 3.28. The second-order valence-corrected chi connectivity index (χ2v) is 17.2. The van der Waals surface area contributed by atoms with Gasteiger partial charge >= 0.3 is 0 Å². The molecular formula is C58H50O6. The van der Waals surface area contributed by atoms with Crippen molar-refractivity contribution in [1.82, 2.24) is 0 Å². The largest absolute Gasteiger partial charge is 0.457 e. The number of aryl methyl sites for hydroxylation is 4. The van der Waals surface area contributed by atoms with Crippen LogP contribution in [0.15, 0.2) is 146 Å². The Balaban J connectivity index is 1.12. The summed E-state index contributed by atoms with van der Waals surface area (Å²) in [6, 6.07) is 49.3. The van der Waals surface area contributed by atoms with Gasteiger partial charge in [-0.1, -0.05) is 72.8 Å². The first-order chi connectivity index (χ1) is 31.0. The Bertz CT molecular complexity index is 2710. The second kappa shape index (κ2) is 16.4. The Hall–Kier alpha value is -7.44. The van der Waals surface area contributed by atoms with Crippen LogP contribution in [0, 0.1) is 55.4 Å². The van der Waals surface area contributed by atoms with E-state index in [2.05, 4.69) is 104 Å². The number of ether oxygens (including phenoxy) is 6. The topological polar surface area (TPSA) is 55.4 Å². The Kier molecular flexibility index (Phi) is 10.4. The average molecular weight is 843 g/mol. The first-order valence-corrected chi connectivity index (χ1v) is 21.9. The van der Waals surface area contributed by atoms with E-state index in [1.807, 2.05) is 97.1 Å². The predicted octanol–water partition coefficient (Wildman–Crippen LogP) is 16.5. The molecule has 0 aliphatic carbocycles. The van der Waals surface area contributed by atoms with Crippen LogP contribution >= 0.6 is 0 Å². The van der Waals surface area contributed by atoms with Crippen molar-refractivity contribution in [2.45, 2.75) is 67.2 Å². The van der Waals surface area contributed by atoms with E-state index in [0.717, 1.165) is 67.5 Å². The third kappa shape index (κ3) is 7.49. The van der Waals surface area contributed by atoms with Gasteiger partial charge in [0.15, 0.2) is 0 Å². The molecule has 0 N–H and O–H groups in total. The van der Waals surface area contributed by atoms with Gasteiger partial charge in [-0.3, -0.25) is 0 Å². The summed E-state index contributed by atoms with van der Waals surface area (Å²) < 4.78 is 40.1. The van der Waals surface area contributed by atoms with Crippen molar-refractivity contribution < 1.29 is 28.4 Å². The molecule has 2 heterocycles. The Morgan fingerprint density at radius 3 is 0.766 bits per heavy atom. The lowest BCUT2D eigenvalue weighted by Gasteiger charge is -2.38. The highest BCUT2D eigenvalue weighted by atomic mass is 16.5. The molecule has 64 heavy (non-hydrogen) atoms. The van der Waals surface area contributed by atoms with Crippen molar-refractivity contribution in [3.05, 3.63) is 212 Å². The van der Waals surface area contributed by atoms with E-state index < -0.39 is 0 Å². The quantitative estimate of drug-likeness (QED) is 0.144. The standard InChI is InChI=1S/C58H50O6/c1-33-13-9-17-49(37(33)5)59-41-21-25-45-53(29-41)63-54-30-42(60-50-18-10-14-34(2)38(50)6)22-26-46(54)57(45)58-47-27-23-43(61-51-19-11-15-35(3)39(51)7)31-55(47)64-56-32-44(24-28-48(56)58)62-52-20-12-16-36(4)40(52)8/h9-32,57-58H,1-8H3. The maximum absolute atomic E-state index is 6.92. The van der Waals surface area contributed by atoms with E-state index in [0.29, 0.717) is 46.0 Å². The van der Waals surface area contributed by atoms with E-state index in [1.54, 1.807) is 0 Å². The molecule has 10 rings (SSSR count). The van der Waals surface area contributed by atoms with Crippen LogP contribution < -0.4 is 28.4 Å². The molecule has 2 aliphatic rings. The molecule has 0 atom stereocenters. The van der Waals surface area contributed by atoms with Gasteiger partial charge in [-0.15, -0.1) is 0 Å². The van der Waals surface area contributed by atoms with Crippen LogP contribution in [0.3, 0.4) is 0 Å². The minimum atomic E-state index is -0.207. The zero-order valence-corrected chi connectivity index (χ0v) is 37.5. The predicted molar refractivity (Wildman–Crippen MR) is 254 cm³/mol. The van der Waals surface area contributed by atoms with Gasteiger partial charge in [-0.25, -0.2) is 0 Å². The van der Waals surface area contributed by atoms with Crippen LogP contribution in [0.2, 0.25) is 0 Å². The molecule has 0 radical (unpaired) electrons. The number of benzene rings is 8. The first kappa shape index (κ1) is 40.6. The van der Waals surface area contributed by atoms with Crippen molar-refractivity contribution in [2.24, 2.45) is 0 Å². The van der Waals surface area contributed by atoms with E-state index in [1.165, 1.54) is 22.3 Å². The van der Waals surface area contributed by atoms with Crippen LogP contribution in [0.5, 0.6) is 69.0 Å². The molecule has 6 nitrogen and oxygen atoms in total. The maximum atomic E-state index is 6.92. The summed E-state index contributed by atoms with van der Waals surface area (Å²) in [5.74, 6) is 8.41. The van der Waals surface area contributed by atoms with Gasteiger partial charge in [-0.2, -0.15) is 0 Å². The number of hydrogen-bond acceptors (Lipinski definition) is 6. The van der Waals surface area contributed by atoms with Crippen molar-refractivity contribution in [3.8, 4) is 69.0 Å². The highest BCUT2D eigenvalue weighted by Gasteiger charge is 2.41. The summed E-state index contributed by atoms with van der Waals surface area (Å²) in [4.78, 5) is 0. The summed E-state index contributed by atoms with van der Waals surface area (Å²) in [7, 11) is 0. The summed E-state index contributed by atoms with van der Waals surface area (Å²) in [6.07, 6.45) is 0. The minimum Gasteiger partial charge on any atom is -0.457 e. The van der Waals surface area contributed by atoms with Gasteiger partial charge in [0.2, 0.25) is 0 Å². The second-order valence-electron chi connectivity index (χ2n) is 17.2. The molecular weight excluding hydrogens is 793 g/mol. The highest BCUT2D eigenvalue weighted by Crippen LogP contribution is 2.59. The molecule has 0 aromatic heterocycles. The van der Waals surface area contributed by atoms with Crippen LogP contribution in [0.4, 0.5) is 0 Å².